The average Bonchev–Trinajstić information content (AvgIpc) is 2.62. The highest BCUT2D eigenvalue weighted by molar-refractivity contribution is 5.81. The SMILES string of the molecule is Cc1ccc2c(c1)CC(=O)N[C@@H]1c3ccccc3C=C[C@H]21. The number of benzene rings is 2. The third-order valence-corrected chi connectivity index (χ3v) is 4.50. The summed E-state index contributed by atoms with van der Waals surface area (Å²) in [4.78, 5) is 12.3. The molecular weight excluding hydrogens is 258 g/mol. The summed E-state index contributed by atoms with van der Waals surface area (Å²) in [5, 5.41) is 3.21. The monoisotopic (exact) mass is 275 g/mol. The van der Waals surface area contributed by atoms with Gasteiger partial charge in [0.05, 0.1) is 12.5 Å². The number of nitrogens with one attached hydrogen (secondary N) is 1. The van der Waals surface area contributed by atoms with Gasteiger partial charge in [-0.15, -0.1) is 0 Å². The summed E-state index contributed by atoms with van der Waals surface area (Å²) in [6.07, 6.45) is 4.88. The van der Waals surface area contributed by atoms with Gasteiger partial charge in [-0.1, -0.05) is 60.2 Å². The van der Waals surface area contributed by atoms with Gasteiger partial charge in [-0.3, -0.25) is 4.79 Å². The van der Waals surface area contributed by atoms with Crippen LogP contribution in [0, 0.1) is 6.92 Å². The number of fused-ring (bicyclic) bond motifs is 5. The van der Waals surface area contributed by atoms with Gasteiger partial charge in [0.1, 0.15) is 0 Å². The van der Waals surface area contributed by atoms with Crippen LogP contribution in [0.5, 0.6) is 0 Å². The van der Waals surface area contributed by atoms with Crippen molar-refractivity contribution in [2.45, 2.75) is 25.3 Å². The molecule has 0 bridgehead atoms. The predicted molar refractivity (Wildman–Crippen MR) is 84.0 cm³/mol. The van der Waals surface area contributed by atoms with Crippen LogP contribution >= 0.6 is 0 Å². The van der Waals surface area contributed by atoms with Crippen LogP contribution in [0.2, 0.25) is 0 Å². The molecule has 21 heavy (non-hydrogen) atoms. The van der Waals surface area contributed by atoms with Gasteiger partial charge in [0.2, 0.25) is 5.91 Å². The van der Waals surface area contributed by atoms with Crippen molar-refractivity contribution in [2.75, 3.05) is 0 Å². The van der Waals surface area contributed by atoms with Crippen molar-refractivity contribution in [3.63, 3.8) is 0 Å². The Morgan fingerprint density at radius 2 is 1.95 bits per heavy atom. The van der Waals surface area contributed by atoms with E-state index >= 15 is 0 Å². The number of aryl methyl sites for hydroxylation is 1. The summed E-state index contributed by atoms with van der Waals surface area (Å²) < 4.78 is 0. The van der Waals surface area contributed by atoms with E-state index in [1.54, 1.807) is 0 Å². The van der Waals surface area contributed by atoms with Crippen LogP contribution in [-0.4, -0.2) is 5.91 Å². The number of hydrogen-bond acceptors (Lipinski definition) is 1. The molecule has 0 saturated heterocycles. The maximum atomic E-state index is 12.3. The minimum absolute atomic E-state index is 0.0441. The van der Waals surface area contributed by atoms with E-state index in [0.29, 0.717) is 6.42 Å². The zero-order valence-corrected chi connectivity index (χ0v) is 12.0. The number of rotatable bonds is 0. The molecular formula is C19H17NO. The zero-order valence-electron chi connectivity index (χ0n) is 12.0. The number of hydrogen-bond donors (Lipinski definition) is 1. The van der Waals surface area contributed by atoms with E-state index in [-0.39, 0.29) is 17.9 Å². The first-order valence-electron chi connectivity index (χ1n) is 7.38. The van der Waals surface area contributed by atoms with E-state index in [1.165, 1.54) is 22.3 Å². The molecule has 2 nitrogen and oxygen atoms in total. The van der Waals surface area contributed by atoms with Crippen molar-refractivity contribution in [2.24, 2.45) is 0 Å². The molecule has 4 rings (SSSR count). The lowest BCUT2D eigenvalue weighted by atomic mass is 9.80. The van der Waals surface area contributed by atoms with Crippen LogP contribution in [0.25, 0.3) is 6.08 Å². The lowest BCUT2D eigenvalue weighted by Gasteiger charge is -2.29. The minimum atomic E-state index is 0.0441. The van der Waals surface area contributed by atoms with Crippen LogP contribution in [0.1, 0.15) is 39.8 Å². The quantitative estimate of drug-likeness (QED) is 0.783. The molecule has 1 N–H and O–H groups in total. The molecule has 1 amide bonds. The number of carbonyl (C=O) groups excluding carboxylic acids is 1. The van der Waals surface area contributed by atoms with E-state index in [4.69, 9.17) is 0 Å². The molecule has 0 aromatic heterocycles. The van der Waals surface area contributed by atoms with Crippen molar-refractivity contribution in [3.05, 3.63) is 76.4 Å². The Kier molecular flexibility index (Phi) is 2.71. The second-order valence-electron chi connectivity index (χ2n) is 5.94. The molecule has 0 fully saturated rings. The molecule has 0 spiro atoms. The van der Waals surface area contributed by atoms with E-state index in [9.17, 15) is 4.79 Å². The first-order valence-corrected chi connectivity index (χ1v) is 7.38. The van der Waals surface area contributed by atoms with Gasteiger partial charge in [0.15, 0.2) is 0 Å². The minimum Gasteiger partial charge on any atom is -0.348 e. The Hall–Kier alpha value is -2.35. The molecule has 0 unspecified atom stereocenters. The summed E-state index contributed by atoms with van der Waals surface area (Å²) in [5.41, 5.74) is 6.06. The number of amides is 1. The van der Waals surface area contributed by atoms with Crippen LogP contribution in [-0.2, 0) is 11.2 Å². The molecule has 2 aromatic carbocycles. The summed E-state index contributed by atoms with van der Waals surface area (Å²) in [6, 6.07) is 14.8. The molecule has 2 aliphatic rings. The van der Waals surface area contributed by atoms with Gasteiger partial charge in [0.25, 0.3) is 0 Å². The van der Waals surface area contributed by atoms with Crippen LogP contribution in [0.3, 0.4) is 0 Å². The summed E-state index contributed by atoms with van der Waals surface area (Å²) in [6.45, 7) is 2.08. The van der Waals surface area contributed by atoms with Crippen molar-refractivity contribution < 1.29 is 4.79 Å². The van der Waals surface area contributed by atoms with Crippen LogP contribution < -0.4 is 5.32 Å². The van der Waals surface area contributed by atoms with Gasteiger partial charge in [-0.05, 0) is 29.2 Å². The van der Waals surface area contributed by atoms with E-state index < -0.39 is 0 Å². The van der Waals surface area contributed by atoms with Crippen LogP contribution in [0.4, 0.5) is 0 Å². The highest BCUT2D eigenvalue weighted by Gasteiger charge is 2.32. The van der Waals surface area contributed by atoms with Crippen molar-refractivity contribution >= 4 is 12.0 Å². The van der Waals surface area contributed by atoms with Gasteiger partial charge in [0, 0.05) is 5.92 Å². The van der Waals surface area contributed by atoms with Gasteiger partial charge >= 0.3 is 0 Å². The third-order valence-electron chi connectivity index (χ3n) is 4.50. The van der Waals surface area contributed by atoms with Gasteiger partial charge in [-0.25, -0.2) is 0 Å². The summed E-state index contributed by atoms with van der Waals surface area (Å²) >= 11 is 0. The highest BCUT2D eigenvalue weighted by atomic mass is 16.1. The number of carbonyl (C=O) groups is 1. The fourth-order valence-corrected chi connectivity index (χ4v) is 3.52. The van der Waals surface area contributed by atoms with Crippen molar-refractivity contribution in [1.82, 2.24) is 5.32 Å². The Morgan fingerprint density at radius 1 is 1.10 bits per heavy atom. The molecule has 2 heteroatoms. The molecule has 0 radical (unpaired) electrons. The van der Waals surface area contributed by atoms with Crippen LogP contribution in [0.15, 0.2) is 48.5 Å². The Morgan fingerprint density at radius 3 is 2.86 bits per heavy atom. The van der Waals surface area contributed by atoms with Gasteiger partial charge in [-0.2, -0.15) is 0 Å². The standard InChI is InChI=1S/C19H17NO/c1-12-6-8-15-14(10-12)11-18(21)20-19-16-5-3-2-4-13(16)7-9-17(15)19/h2-10,17,19H,11H2,1H3,(H,20,21)/t17-,19-/m1/s1. The lowest BCUT2D eigenvalue weighted by molar-refractivity contribution is -0.121. The van der Waals surface area contributed by atoms with Crippen molar-refractivity contribution in [1.29, 1.82) is 0 Å². The second kappa shape index (κ2) is 4.59. The molecule has 2 atom stereocenters. The Labute approximate surface area is 124 Å². The van der Waals surface area contributed by atoms with Crippen molar-refractivity contribution in [3.8, 4) is 0 Å². The molecule has 0 saturated carbocycles. The second-order valence-corrected chi connectivity index (χ2v) is 5.94. The largest absolute Gasteiger partial charge is 0.348 e. The maximum absolute atomic E-state index is 12.3. The fourth-order valence-electron chi connectivity index (χ4n) is 3.52. The maximum Gasteiger partial charge on any atom is 0.224 e. The van der Waals surface area contributed by atoms with E-state index in [2.05, 4.69) is 54.7 Å². The molecule has 104 valence electrons. The first-order chi connectivity index (χ1) is 10.2. The normalized spacial score (nSPS) is 22.6. The topological polar surface area (TPSA) is 29.1 Å². The molecule has 2 aromatic rings. The van der Waals surface area contributed by atoms with E-state index in [1.807, 2.05) is 12.1 Å². The fraction of sp³-hybridized carbons (Fsp3) is 0.211. The lowest BCUT2D eigenvalue weighted by Crippen LogP contribution is -2.31. The molecule has 1 aliphatic carbocycles. The van der Waals surface area contributed by atoms with Gasteiger partial charge < -0.3 is 5.32 Å². The first kappa shape index (κ1) is 12.4. The smallest absolute Gasteiger partial charge is 0.224 e. The third kappa shape index (κ3) is 1.99. The predicted octanol–water partition coefficient (Wildman–Crippen LogP) is 3.52. The highest BCUT2D eigenvalue weighted by Crippen LogP contribution is 2.41. The zero-order chi connectivity index (χ0) is 14.4. The molecule has 1 heterocycles. The summed E-state index contributed by atoms with van der Waals surface area (Å²) in [5.74, 6) is 0.335. The Bertz CT molecular complexity index is 760. The molecule has 1 aliphatic heterocycles. The van der Waals surface area contributed by atoms with E-state index in [0.717, 1.165) is 5.56 Å². The average molecular weight is 275 g/mol. The Balaban J connectivity index is 1.90. The summed E-state index contributed by atoms with van der Waals surface area (Å²) in [7, 11) is 0.